The molecule has 0 unspecified atom stereocenters. The summed E-state index contributed by atoms with van der Waals surface area (Å²) in [7, 11) is 0. The average Bonchev–Trinajstić information content (AvgIpc) is 2.70. The maximum absolute atomic E-state index is 3.90. The van der Waals surface area contributed by atoms with Gasteiger partial charge in [-0.1, -0.05) is 6.58 Å². The molecular weight excluding hydrogens is 162 g/mol. The van der Waals surface area contributed by atoms with E-state index in [9.17, 15) is 0 Å². The van der Waals surface area contributed by atoms with Crippen LogP contribution in [0.2, 0.25) is 0 Å². The Morgan fingerprint density at radius 1 is 1.15 bits per heavy atom. The van der Waals surface area contributed by atoms with Crippen molar-refractivity contribution in [2.24, 2.45) is 0 Å². The van der Waals surface area contributed by atoms with Crippen LogP contribution in [0.3, 0.4) is 0 Å². The molecular formula is C10H18N3+. The maximum atomic E-state index is 3.90. The Bertz CT molecular complexity index is 222. The van der Waals surface area contributed by atoms with Gasteiger partial charge in [0.15, 0.2) is 0 Å². The van der Waals surface area contributed by atoms with Gasteiger partial charge >= 0.3 is 0 Å². The molecule has 3 aliphatic rings. The molecule has 0 radical (unpaired) electrons. The third kappa shape index (κ3) is 0.897. The van der Waals surface area contributed by atoms with Crippen LogP contribution in [0.5, 0.6) is 0 Å². The molecule has 3 saturated heterocycles. The summed E-state index contributed by atoms with van der Waals surface area (Å²) < 4.78 is 1.28. The van der Waals surface area contributed by atoms with Crippen LogP contribution in [-0.4, -0.2) is 66.4 Å². The van der Waals surface area contributed by atoms with Gasteiger partial charge in [0.1, 0.15) is 0 Å². The highest BCUT2D eigenvalue weighted by molar-refractivity contribution is 4.87. The van der Waals surface area contributed by atoms with E-state index in [1.165, 1.54) is 43.8 Å². The molecule has 3 nitrogen and oxygen atoms in total. The van der Waals surface area contributed by atoms with Crippen molar-refractivity contribution in [2.75, 3.05) is 45.8 Å². The minimum atomic E-state index is 0.720. The standard InChI is InChI=1S/C10H18N3/c1-2-7-13-8-5-11-3-4-12(6-9-13)10(11)13/h2,10H,1,3-9H2/q+1. The molecule has 0 saturated carbocycles. The SMILES string of the molecule is C=CC[N+]12CCN3CCN(CC1)C32. The van der Waals surface area contributed by atoms with Gasteiger partial charge in [-0.05, 0) is 6.08 Å². The molecule has 3 aliphatic heterocycles. The van der Waals surface area contributed by atoms with Crippen LogP contribution in [0.15, 0.2) is 12.7 Å². The normalized spacial score (nSPS) is 44.2. The Morgan fingerprint density at radius 3 is 2.31 bits per heavy atom. The van der Waals surface area contributed by atoms with Gasteiger partial charge in [-0.3, -0.25) is 4.48 Å². The number of hydrogen-bond donors (Lipinski definition) is 0. The summed E-state index contributed by atoms with van der Waals surface area (Å²) in [5.74, 6) is 0. The number of nitrogens with zero attached hydrogens (tertiary/aromatic N) is 3. The Kier molecular flexibility index (Phi) is 1.57. The zero-order valence-corrected chi connectivity index (χ0v) is 8.15. The largest absolute Gasteiger partial charge is 0.290 e. The van der Waals surface area contributed by atoms with Crippen LogP contribution in [0.4, 0.5) is 0 Å². The highest BCUT2D eigenvalue weighted by Gasteiger charge is 2.56. The van der Waals surface area contributed by atoms with E-state index in [1.807, 2.05) is 0 Å². The molecule has 0 aromatic heterocycles. The first-order valence-corrected chi connectivity index (χ1v) is 5.30. The lowest BCUT2D eigenvalue weighted by Gasteiger charge is -2.33. The first kappa shape index (κ1) is 7.97. The Labute approximate surface area is 79.8 Å². The third-order valence-electron chi connectivity index (χ3n) is 3.98. The zero-order valence-electron chi connectivity index (χ0n) is 8.15. The van der Waals surface area contributed by atoms with E-state index >= 15 is 0 Å². The van der Waals surface area contributed by atoms with Gasteiger partial charge in [0.25, 0.3) is 0 Å². The molecule has 0 spiro atoms. The predicted molar refractivity (Wildman–Crippen MR) is 52.0 cm³/mol. The van der Waals surface area contributed by atoms with Gasteiger partial charge in [-0.25, -0.2) is 9.80 Å². The van der Waals surface area contributed by atoms with Gasteiger partial charge in [0.05, 0.1) is 32.7 Å². The number of rotatable bonds is 2. The molecule has 3 heteroatoms. The van der Waals surface area contributed by atoms with Crippen molar-refractivity contribution in [3.8, 4) is 0 Å². The fraction of sp³-hybridized carbons (Fsp3) is 0.800. The quantitative estimate of drug-likeness (QED) is 0.433. The molecule has 13 heavy (non-hydrogen) atoms. The monoisotopic (exact) mass is 180 g/mol. The van der Waals surface area contributed by atoms with Gasteiger partial charge in [0.2, 0.25) is 6.29 Å². The van der Waals surface area contributed by atoms with Gasteiger partial charge in [-0.15, -0.1) is 0 Å². The lowest BCUT2D eigenvalue weighted by Crippen LogP contribution is -2.52. The van der Waals surface area contributed by atoms with Crippen LogP contribution < -0.4 is 0 Å². The van der Waals surface area contributed by atoms with Crippen molar-refractivity contribution in [3.05, 3.63) is 12.7 Å². The summed E-state index contributed by atoms with van der Waals surface area (Å²) in [5, 5.41) is 0. The minimum Gasteiger partial charge on any atom is -0.290 e. The minimum absolute atomic E-state index is 0.720. The summed E-state index contributed by atoms with van der Waals surface area (Å²) in [4.78, 5) is 5.30. The van der Waals surface area contributed by atoms with Gasteiger partial charge < -0.3 is 0 Å². The lowest BCUT2D eigenvalue weighted by molar-refractivity contribution is -0.931. The summed E-state index contributed by atoms with van der Waals surface area (Å²) in [6, 6.07) is 0. The first-order valence-electron chi connectivity index (χ1n) is 5.30. The van der Waals surface area contributed by atoms with Crippen LogP contribution in [0.25, 0.3) is 0 Å². The summed E-state index contributed by atoms with van der Waals surface area (Å²) in [6.45, 7) is 12.9. The van der Waals surface area contributed by atoms with E-state index in [2.05, 4.69) is 22.5 Å². The Morgan fingerprint density at radius 2 is 1.77 bits per heavy atom. The molecule has 0 N–H and O–H groups in total. The van der Waals surface area contributed by atoms with E-state index < -0.39 is 0 Å². The number of hydrogen-bond acceptors (Lipinski definition) is 2. The molecule has 0 atom stereocenters. The van der Waals surface area contributed by atoms with Gasteiger partial charge in [-0.2, -0.15) is 0 Å². The van der Waals surface area contributed by atoms with Crippen molar-refractivity contribution in [1.29, 1.82) is 0 Å². The van der Waals surface area contributed by atoms with E-state index in [0.717, 1.165) is 12.8 Å². The molecule has 0 aliphatic carbocycles. The van der Waals surface area contributed by atoms with Crippen LogP contribution in [0.1, 0.15) is 0 Å². The topological polar surface area (TPSA) is 6.48 Å². The predicted octanol–water partition coefficient (Wildman–Crippen LogP) is -0.0824. The molecule has 0 amide bonds. The van der Waals surface area contributed by atoms with E-state index in [4.69, 9.17) is 0 Å². The molecule has 0 aromatic carbocycles. The molecule has 0 bridgehead atoms. The first-order chi connectivity index (χ1) is 6.36. The molecule has 3 heterocycles. The second-order valence-electron chi connectivity index (χ2n) is 4.56. The fourth-order valence-corrected chi connectivity index (χ4v) is 3.40. The fourth-order valence-electron chi connectivity index (χ4n) is 3.40. The summed E-state index contributed by atoms with van der Waals surface area (Å²) in [5.41, 5.74) is 0. The molecule has 0 aromatic rings. The molecule has 3 rings (SSSR count). The lowest BCUT2D eigenvalue weighted by atomic mass is 10.4. The summed E-state index contributed by atoms with van der Waals surface area (Å²) >= 11 is 0. The smallest absolute Gasteiger partial charge is 0.206 e. The van der Waals surface area contributed by atoms with Crippen LogP contribution in [0, 0.1) is 0 Å². The van der Waals surface area contributed by atoms with E-state index in [1.54, 1.807) is 0 Å². The van der Waals surface area contributed by atoms with Crippen molar-refractivity contribution in [1.82, 2.24) is 9.80 Å². The van der Waals surface area contributed by atoms with Crippen LogP contribution >= 0.6 is 0 Å². The summed E-state index contributed by atoms with van der Waals surface area (Å²) in [6.07, 6.45) is 2.82. The second kappa shape index (κ2) is 2.56. The van der Waals surface area contributed by atoms with E-state index in [0.29, 0.717) is 0 Å². The third-order valence-corrected chi connectivity index (χ3v) is 3.98. The van der Waals surface area contributed by atoms with Crippen LogP contribution in [-0.2, 0) is 0 Å². The number of quaternary nitrogens is 1. The maximum Gasteiger partial charge on any atom is 0.206 e. The second-order valence-corrected chi connectivity index (χ2v) is 4.56. The van der Waals surface area contributed by atoms with Crippen molar-refractivity contribution in [2.45, 2.75) is 6.29 Å². The Hall–Kier alpha value is -0.380. The highest BCUT2D eigenvalue weighted by atomic mass is 15.7. The van der Waals surface area contributed by atoms with E-state index in [-0.39, 0.29) is 0 Å². The van der Waals surface area contributed by atoms with Crippen molar-refractivity contribution >= 4 is 0 Å². The zero-order chi connectivity index (χ0) is 8.89. The molecule has 72 valence electrons. The Balaban J connectivity index is 1.92. The van der Waals surface area contributed by atoms with Gasteiger partial charge in [0, 0.05) is 13.1 Å². The van der Waals surface area contributed by atoms with Crippen molar-refractivity contribution < 1.29 is 4.48 Å². The van der Waals surface area contributed by atoms with Crippen molar-refractivity contribution in [3.63, 3.8) is 0 Å². The average molecular weight is 180 g/mol. The molecule has 3 fully saturated rings. The highest BCUT2D eigenvalue weighted by Crippen LogP contribution is 2.35.